The molecule has 0 saturated carbocycles. The number of hydrogen-bond donors (Lipinski definition) is 1. The quantitative estimate of drug-likeness (QED) is 0.535. The van der Waals surface area contributed by atoms with Gasteiger partial charge in [-0.2, -0.15) is 0 Å². The van der Waals surface area contributed by atoms with E-state index in [-0.39, 0.29) is 17.5 Å². The van der Waals surface area contributed by atoms with Gasteiger partial charge in [0.1, 0.15) is 11.6 Å². The zero-order valence-corrected chi connectivity index (χ0v) is 15.2. The van der Waals surface area contributed by atoms with Gasteiger partial charge < -0.3 is 5.11 Å². The molecule has 4 rings (SSSR count). The molecule has 0 radical (unpaired) electrons. The fourth-order valence-electron chi connectivity index (χ4n) is 3.70. The minimum absolute atomic E-state index is 0.0341. The molecule has 1 atom stereocenters. The summed E-state index contributed by atoms with van der Waals surface area (Å²) in [4.78, 5) is 0. The fourth-order valence-corrected chi connectivity index (χ4v) is 3.70. The molecule has 1 aliphatic carbocycles. The molecule has 0 amide bonds. The van der Waals surface area contributed by atoms with Crippen LogP contribution < -0.4 is 0 Å². The lowest BCUT2D eigenvalue weighted by Gasteiger charge is -2.21. The van der Waals surface area contributed by atoms with E-state index in [9.17, 15) is 9.50 Å². The lowest BCUT2D eigenvalue weighted by Crippen LogP contribution is -2.04. The van der Waals surface area contributed by atoms with Gasteiger partial charge in [-0.1, -0.05) is 79.7 Å². The Hall–Kier alpha value is -3.13. The number of para-hydroxylation sites is 1. The van der Waals surface area contributed by atoms with Gasteiger partial charge in [0.25, 0.3) is 0 Å². The maximum Gasteiger partial charge on any atom is 0.131 e. The molecule has 27 heavy (non-hydrogen) atoms. The zero-order valence-electron chi connectivity index (χ0n) is 15.2. The van der Waals surface area contributed by atoms with E-state index in [0.29, 0.717) is 16.7 Å². The molecule has 0 aliphatic heterocycles. The summed E-state index contributed by atoms with van der Waals surface area (Å²) in [6.45, 7) is 1.99. The topological polar surface area (TPSA) is 20.2 Å². The molecule has 3 aromatic carbocycles. The lowest BCUT2D eigenvalue weighted by molar-refractivity contribution is 0.473. The summed E-state index contributed by atoms with van der Waals surface area (Å²) in [6, 6.07) is 23.7. The largest absolute Gasteiger partial charge is 0.507 e. The number of hydrogen-bond acceptors (Lipinski definition) is 1. The van der Waals surface area contributed by atoms with E-state index in [2.05, 4.69) is 24.3 Å². The molecular formula is C25H21FO. The van der Waals surface area contributed by atoms with Crippen molar-refractivity contribution in [1.82, 2.24) is 0 Å². The predicted molar refractivity (Wildman–Crippen MR) is 110 cm³/mol. The predicted octanol–water partition coefficient (Wildman–Crippen LogP) is 7.00. The first-order valence-corrected chi connectivity index (χ1v) is 9.19. The summed E-state index contributed by atoms with van der Waals surface area (Å²) >= 11 is 0. The van der Waals surface area contributed by atoms with E-state index < -0.39 is 0 Å². The molecule has 1 aliphatic rings. The maximum atomic E-state index is 14.5. The average molecular weight is 356 g/mol. The number of phenols is 1. The molecule has 2 heteroatoms. The summed E-state index contributed by atoms with van der Waals surface area (Å²) < 4.78 is 14.5. The van der Waals surface area contributed by atoms with Crippen LogP contribution in [0.25, 0.3) is 27.8 Å². The van der Waals surface area contributed by atoms with Crippen LogP contribution in [0.2, 0.25) is 0 Å². The summed E-state index contributed by atoms with van der Waals surface area (Å²) in [5, 5.41) is 11.0. The molecule has 0 bridgehead atoms. The summed E-state index contributed by atoms with van der Waals surface area (Å²) in [6.07, 6.45) is 4.11. The van der Waals surface area contributed by atoms with Gasteiger partial charge in [-0.25, -0.2) is 4.39 Å². The molecule has 0 aromatic heterocycles. The highest BCUT2D eigenvalue weighted by Crippen LogP contribution is 2.42. The molecule has 0 saturated heterocycles. The number of phenolic OH excluding ortho intramolecular Hbond substituents is 1. The van der Waals surface area contributed by atoms with Crippen molar-refractivity contribution in [2.75, 3.05) is 0 Å². The van der Waals surface area contributed by atoms with E-state index in [0.717, 1.165) is 23.1 Å². The second-order valence-corrected chi connectivity index (χ2v) is 6.95. The number of halogens is 1. The van der Waals surface area contributed by atoms with Gasteiger partial charge in [-0.05, 0) is 41.2 Å². The van der Waals surface area contributed by atoms with Gasteiger partial charge in [0.05, 0.1) is 0 Å². The Balaban J connectivity index is 1.82. The minimum Gasteiger partial charge on any atom is -0.507 e. The molecule has 1 nitrogen and oxygen atoms in total. The SMILES string of the molecule is CC1CC=CC(F)=C1c1cccc(-c2cccc(-c3ccccc3)c2)c1O. The molecule has 134 valence electrons. The van der Waals surface area contributed by atoms with Gasteiger partial charge in [0.15, 0.2) is 0 Å². The first kappa shape index (κ1) is 17.3. The monoisotopic (exact) mass is 356 g/mol. The smallest absolute Gasteiger partial charge is 0.131 e. The van der Waals surface area contributed by atoms with E-state index >= 15 is 0 Å². The van der Waals surface area contributed by atoms with Crippen molar-refractivity contribution in [2.24, 2.45) is 5.92 Å². The number of aromatic hydroxyl groups is 1. The first-order chi connectivity index (χ1) is 13.1. The van der Waals surface area contributed by atoms with Crippen molar-refractivity contribution in [3.63, 3.8) is 0 Å². The van der Waals surface area contributed by atoms with Crippen molar-refractivity contribution >= 4 is 5.57 Å². The maximum absolute atomic E-state index is 14.5. The van der Waals surface area contributed by atoms with Crippen LogP contribution >= 0.6 is 0 Å². The van der Waals surface area contributed by atoms with Crippen LogP contribution in [0.4, 0.5) is 4.39 Å². The van der Waals surface area contributed by atoms with Crippen LogP contribution in [0, 0.1) is 5.92 Å². The van der Waals surface area contributed by atoms with E-state index in [1.807, 2.05) is 55.5 Å². The van der Waals surface area contributed by atoms with Gasteiger partial charge >= 0.3 is 0 Å². The first-order valence-electron chi connectivity index (χ1n) is 9.19. The number of benzene rings is 3. The van der Waals surface area contributed by atoms with Gasteiger partial charge in [-0.15, -0.1) is 0 Å². The second kappa shape index (κ2) is 7.24. The Labute approximate surface area is 159 Å². The van der Waals surface area contributed by atoms with Crippen molar-refractivity contribution in [1.29, 1.82) is 0 Å². The van der Waals surface area contributed by atoms with Crippen LogP contribution in [-0.4, -0.2) is 5.11 Å². The summed E-state index contributed by atoms with van der Waals surface area (Å²) in [7, 11) is 0. The van der Waals surface area contributed by atoms with Crippen molar-refractivity contribution < 1.29 is 9.50 Å². The zero-order chi connectivity index (χ0) is 18.8. The Morgan fingerprint density at radius 3 is 2.26 bits per heavy atom. The van der Waals surface area contributed by atoms with E-state index in [1.54, 1.807) is 6.07 Å². The Morgan fingerprint density at radius 2 is 1.48 bits per heavy atom. The molecule has 3 aromatic rings. The Morgan fingerprint density at radius 1 is 0.815 bits per heavy atom. The van der Waals surface area contributed by atoms with Gasteiger partial charge in [0.2, 0.25) is 0 Å². The van der Waals surface area contributed by atoms with Crippen LogP contribution in [0.1, 0.15) is 18.9 Å². The van der Waals surface area contributed by atoms with E-state index in [4.69, 9.17) is 0 Å². The van der Waals surface area contributed by atoms with Crippen LogP contribution in [0.5, 0.6) is 5.75 Å². The molecule has 1 N–H and O–H groups in total. The van der Waals surface area contributed by atoms with Crippen molar-refractivity contribution in [2.45, 2.75) is 13.3 Å². The number of allylic oxidation sites excluding steroid dienone is 4. The second-order valence-electron chi connectivity index (χ2n) is 6.95. The van der Waals surface area contributed by atoms with Gasteiger partial charge in [-0.3, -0.25) is 0 Å². The van der Waals surface area contributed by atoms with Crippen molar-refractivity contribution in [3.8, 4) is 28.0 Å². The van der Waals surface area contributed by atoms with Crippen LogP contribution in [-0.2, 0) is 0 Å². The highest BCUT2D eigenvalue weighted by atomic mass is 19.1. The third-order valence-electron chi connectivity index (χ3n) is 5.11. The Kier molecular flexibility index (Phi) is 4.64. The van der Waals surface area contributed by atoms with Crippen LogP contribution in [0.3, 0.4) is 0 Å². The molecule has 1 unspecified atom stereocenters. The highest BCUT2D eigenvalue weighted by molar-refractivity contribution is 5.84. The number of rotatable bonds is 3. The van der Waals surface area contributed by atoms with Gasteiger partial charge in [0, 0.05) is 16.7 Å². The third-order valence-corrected chi connectivity index (χ3v) is 5.11. The average Bonchev–Trinajstić information content (AvgIpc) is 2.70. The van der Waals surface area contributed by atoms with Crippen LogP contribution in [0.15, 0.2) is 90.8 Å². The highest BCUT2D eigenvalue weighted by Gasteiger charge is 2.22. The summed E-state index contributed by atoms with van der Waals surface area (Å²) in [5.41, 5.74) is 4.98. The summed E-state index contributed by atoms with van der Waals surface area (Å²) in [5.74, 6) is -0.0962. The third kappa shape index (κ3) is 3.31. The van der Waals surface area contributed by atoms with Crippen molar-refractivity contribution in [3.05, 3.63) is 96.3 Å². The lowest BCUT2D eigenvalue weighted by atomic mass is 9.85. The molecular weight excluding hydrogens is 335 g/mol. The normalized spacial score (nSPS) is 16.6. The van der Waals surface area contributed by atoms with E-state index in [1.165, 1.54) is 6.08 Å². The molecule has 0 heterocycles. The molecule has 0 fully saturated rings. The Bertz CT molecular complexity index is 1030. The standard InChI is InChI=1S/C25H21FO/c1-17-8-5-15-23(26)24(17)22-14-7-13-21(25(22)27)20-12-6-11-19(16-20)18-9-3-2-4-10-18/h2-7,9-17,27H,8H2,1H3. The minimum atomic E-state index is -0.265. The fraction of sp³-hybridized carbons (Fsp3) is 0.120. The molecule has 0 spiro atoms.